The molecule has 1 heterocycles. The summed E-state index contributed by atoms with van der Waals surface area (Å²) >= 11 is 0. The largest absolute Gasteiger partial charge is 0.443 e. The van der Waals surface area contributed by atoms with Gasteiger partial charge in [0.2, 0.25) is 0 Å². The lowest BCUT2D eigenvalue weighted by Crippen LogP contribution is -2.44. The maximum absolute atomic E-state index is 14.0. The van der Waals surface area contributed by atoms with Crippen molar-refractivity contribution in [3.63, 3.8) is 0 Å². The molecule has 0 bridgehead atoms. The molecule has 32 heavy (non-hydrogen) atoms. The molecular weight excluding hydrogens is 430 g/mol. The van der Waals surface area contributed by atoms with Crippen molar-refractivity contribution >= 4 is 11.8 Å². The second kappa shape index (κ2) is 8.46. The average molecular weight is 457 g/mol. The van der Waals surface area contributed by atoms with Gasteiger partial charge in [-0.1, -0.05) is 12.2 Å². The third kappa shape index (κ3) is 5.11. The third-order valence-electron chi connectivity index (χ3n) is 5.79. The van der Waals surface area contributed by atoms with E-state index in [-0.39, 0.29) is 37.1 Å². The van der Waals surface area contributed by atoms with Gasteiger partial charge in [0, 0.05) is 25.0 Å². The Morgan fingerprint density at radius 2 is 2.03 bits per heavy atom. The van der Waals surface area contributed by atoms with E-state index in [0.717, 1.165) is 11.1 Å². The van der Waals surface area contributed by atoms with Gasteiger partial charge in [-0.15, -0.1) is 0 Å². The summed E-state index contributed by atoms with van der Waals surface area (Å²) in [4.78, 5) is 21.4. The standard InChI is InChI=1S/C22H27F4N3O3/c1-13-27-10-17(18(28-13)22(24,25)26)29(19(31)32-20(2,3)4)12-21(9-15(21)11-30)14-6-5-7-16(23)8-14/h5-7,10,14-15,30H,8-9,11-12H2,1-4H3/t14?,15-,21+/m0/s1. The summed E-state index contributed by atoms with van der Waals surface area (Å²) in [5, 5.41) is 9.80. The van der Waals surface area contributed by atoms with Crippen molar-refractivity contribution in [2.24, 2.45) is 17.3 Å². The fourth-order valence-electron chi connectivity index (χ4n) is 4.18. The Morgan fingerprint density at radius 1 is 1.34 bits per heavy atom. The number of aryl methyl sites for hydroxylation is 1. The zero-order valence-electron chi connectivity index (χ0n) is 18.4. The third-order valence-corrected chi connectivity index (χ3v) is 5.79. The molecule has 0 radical (unpaired) electrons. The van der Waals surface area contributed by atoms with Crippen LogP contribution in [0.3, 0.4) is 0 Å². The molecule has 6 nitrogen and oxygen atoms in total. The number of nitrogens with zero attached hydrogens (tertiary/aromatic N) is 3. The van der Waals surface area contributed by atoms with E-state index in [1.54, 1.807) is 32.9 Å². The molecule has 1 fully saturated rings. The summed E-state index contributed by atoms with van der Waals surface area (Å²) < 4.78 is 60.8. The van der Waals surface area contributed by atoms with Crippen molar-refractivity contribution in [3.05, 3.63) is 41.8 Å². The summed E-state index contributed by atoms with van der Waals surface area (Å²) in [5.74, 6) is -1.15. The second-order valence-corrected chi connectivity index (χ2v) is 9.34. The maximum atomic E-state index is 14.0. The molecular formula is C22H27F4N3O3. The highest BCUT2D eigenvalue weighted by molar-refractivity contribution is 5.88. The van der Waals surface area contributed by atoms with Crippen molar-refractivity contribution in [1.82, 2.24) is 9.97 Å². The van der Waals surface area contributed by atoms with Crippen molar-refractivity contribution < 1.29 is 32.2 Å². The molecule has 2 aliphatic carbocycles. The first kappa shape index (κ1) is 24.2. The highest BCUT2D eigenvalue weighted by Crippen LogP contribution is 2.61. The Hall–Kier alpha value is -2.49. The Balaban J connectivity index is 2.06. The highest BCUT2D eigenvalue weighted by Gasteiger charge is 2.59. The first-order valence-corrected chi connectivity index (χ1v) is 10.3. The minimum atomic E-state index is -4.84. The number of aromatic nitrogens is 2. The molecule has 1 aromatic heterocycles. The lowest BCUT2D eigenvalue weighted by atomic mass is 9.81. The van der Waals surface area contributed by atoms with E-state index in [4.69, 9.17) is 4.74 Å². The van der Waals surface area contributed by atoms with Gasteiger partial charge < -0.3 is 9.84 Å². The molecule has 1 unspecified atom stereocenters. The van der Waals surface area contributed by atoms with Crippen LogP contribution < -0.4 is 4.90 Å². The maximum Gasteiger partial charge on any atom is 0.435 e. The van der Waals surface area contributed by atoms with Crippen LogP contribution >= 0.6 is 0 Å². The van der Waals surface area contributed by atoms with E-state index in [1.807, 2.05) is 0 Å². The van der Waals surface area contributed by atoms with Gasteiger partial charge >= 0.3 is 12.3 Å². The van der Waals surface area contributed by atoms with E-state index < -0.39 is 40.6 Å². The summed E-state index contributed by atoms with van der Waals surface area (Å²) in [5.41, 5.74) is -3.55. The number of amides is 1. The predicted molar refractivity (Wildman–Crippen MR) is 109 cm³/mol. The van der Waals surface area contributed by atoms with Crippen LogP contribution in [-0.4, -0.2) is 39.9 Å². The number of halogens is 4. The van der Waals surface area contributed by atoms with Gasteiger partial charge in [0.15, 0.2) is 5.69 Å². The molecule has 0 spiro atoms. The smallest absolute Gasteiger partial charge is 0.435 e. The second-order valence-electron chi connectivity index (χ2n) is 9.34. The van der Waals surface area contributed by atoms with Crippen molar-refractivity contribution in [2.75, 3.05) is 18.1 Å². The number of hydrogen-bond donors (Lipinski definition) is 1. The quantitative estimate of drug-likeness (QED) is 0.632. The molecule has 0 saturated heterocycles. The Kier molecular flexibility index (Phi) is 6.38. The van der Waals surface area contributed by atoms with Gasteiger partial charge in [-0.05, 0) is 52.0 Å². The van der Waals surface area contributed by atoms with Gasteiger partial charge in [0.1, 0.15) is 17.3 Å². The van der Waals surface area contributed by atoms with Crippen LogP contribution in [0, 0.1) is 24.2 Å². The zero-order valence-corrected chi connectivity index (χ0v) is 18.4. The molecule has 3 rings (SSSR count). The van der Waals surface area contributed by atoms with Crippen LogP contribution in [0.15, 0.2) is 30.3 Å². The average Bonchev–Trinajstić information content (AvgIpc) is 3.39. The molecule has 10 heteroatoms. The fourth-order valence-corrected chi connectivity index (χ4v) is 4.18. The minimum absolute atomic E-state index is 0.0473. The van der Waals surface area contributed by atoms with Crippen LogP contribution in [-0.2, 0) is 10.9 Å². The lowest BCUT2D eigenvalue weighted by Gasteiger charge is -2.35. The molecule has 2 aliphatic rings. The number of ether oxygens (including phenoxy) is 1. The molecule has 0 aromatic carbocycles. The summed E-state index contributed by atoms with van der Waals surface area (Å²) in [6.45, 7) is 5.70. The van der Waals surface area contributed by atoms with Crippen LogP contribution in [0.4, 0.5) is 28.0 Å². The molecule has 1 aromatic rings. The molecule has 1 saturated carbocycles. The summed E-state index contributed by atoms with van der Waals surface area (Å²) in [6, 6.07) is 0. The number of carbonyl (C=O) groups excluding carboxylic acids is 1. The highest BCUT2D eigenvalue weighted by atomic mass is 19.4. The molecule has 1 amide bonds. The van der Waals surface area contributed by atoms with Gasteiger partial charge in [-0.2, -0.15) is 13.2 Å². The first-order chi connectivity index (χ1) is 14.8. The van der Waals surface area contributed by atoms with Crippen LogP contribution in [0.2, 0.25) is 0 Å². The van der Waals surface area contributed by atoms with Crippen LogP contribution in [0.1, 0.15) is 45.1 Å². The number of aliphatic hydroxyl groups excluding tert-OH is 1. The molecule has 3 atom stereocenters. The Bertz CT molecular complexity index is 939. The van der Waals surface area contributed by atoms with Crippen LogP contribution in [0.25, 0.3) is 0 Å². The van der Waals surface area contributed by atoms with E-state index in [0.29, 0.717) is 6.42 Å². The number of carbonyl (C=O) groups is 1. The normalized spacial score (nSPS) is 25.3. The van der Waals surface area contributed by atoms with Crippen molar-refractivity contribution in [2.45, 2.75) is 52.3 Å². The monoisotopic (exact) mass is 457 g/mol. The van der Waals surface area contributed by atoms with E-state index in [2.05, 4.69) is 9.97 Å². The number of rotatable bonds is 5. The Labute approximate surface area is 184 Å². The summed E-state index contributed by atoms with van der Waals surface area (Å²) in [6.07, 6.45) is 0.238. The summed E-state index contributed by atoms with van der Waals surface area (Å²) in [7, 11) is 0. The SMILES string of the molecule is Cc1ncc(N(C[C@@]2(C3C=CC=C(F)C3)C[C@H]2CO)C(=O)OC(C)(C)C)c(C(F)(F)F)n1. The van der Waals surface area contributed by atoms with Gasteiger partial charge in [-0.3, -0.25) is 4.90 Å². The van der Waals surface area contributed by atoms with Crippen molar-refractivity contribution in [1.29, 1.82) is 0 Å². The van der Waals surface area contributed by atoms with Gasteiger partial charge in [0.05, 0.1) is 11.9 Å². The number of anilines is 1. The zero-order chi connectivity index (χ0) is 23.9. The predicted octanol–water partition coefficient (Wildman–Crippen LogP) is 4.97. The van der Waals surface area contributed by atoms with E-state index in [1.165, 1.54) is 13.0 Å². The Morgan fingerprint density at radius 3 is 2.56 bits per heavy atom. The topological polar surface area (TPSA) is 75.5 Å². The lowest BCUT2D eigenvalue weighted by molar-refractivity contribution is -0.140. The number of hydrogen-bond acceptors (Lipinski definition) is 5. The van der Waals surface area contributed by atoms with Crippen LogP contribution in [0.5, 0.6) is 0 Å². The molecule has 0 aliphatic heterocycles. The van der Waals surface area contributed by atoms with Gasteiger partial charge in [-0.25, -0.2) is 19.2 Å². The van der Waals surface area contributed by atoms with Gasteiger partial charge in [0.25, 0.3) is 0 Å². The number of allylic oxidation sites excluding steroid dienone is 4. The fraction of sp³-hybridized carbons (Fsp3) is 0.591. The van der Waals surface area contributed by atoms with Crippen molar-refractivity contribution in [3.8, 4) is 0 Å². The van der Waals surface area contributed by atoms with E-state index >= 15 is 0 Å². The first-order valence-electron chi connectivity index (χ1n) is 10.3. The molecule has 176 valence electrons. The molecule has 1 N–H and O–H groups in total. The number of alkyl halides is 3. The number of aliphatic hydroxyl groups is 1. The minimum Gasteiger partial charge on any atom is -0.443 e. The van der Waals surface area contributed by atoms with E-state index in [9.17, 15) is 27.5 Å².